The van der Waals surface area contributed by atoms with Gasteiger partial charge in [0.2, 0.25) is 0 Å². The Labute approximate surface area is 186 Å². The van der Waals surface area contributed by atoms with Crippen LogP contribution in [0.2, 0.25) is 0 Å². The van der Waals surface area contributed by atoms with Crippen molar-refractivity contribution in [3.63, 3.8) is 0 Å². The van der Waals surface area contributed by atoms with Crippen LogP contribution in [0.1, 0.15) is 44.7 Å². The van der Waals surface area contributed by atoms with Crippen LogP contribution in [0.15, 0.2) is 84.9 Å². The Bertz CT molecular complexity index is 1290. The molecule has 3 aliphatic rings. The van der Waals surface area contributed by atoms with Crippen molar-refractivity contribution in [2.24, 2.45) is 5.41 Å². The summed E-state index contributed by atoms with van der Waals surface area (Å²) in [6, 6.07) is 23.3. The first-order chi connectivity index (χ1) is 15.6. The molecule has 4 heteroatoms. The van der Waals surface area contributed by atoms with Crippen LogP contribution in [-0.4, -0.2) is 29.4 Å². The average molecular weight is 419 g/mol. The lowest BCUT2D eigenvalue weighted by molar-refractivity contribution is -0.118. The predicted molar refractivity (Wildman–Crippen MR) is 123 cm³/mol. The molecule has 6 rings (SSSR count). The summed E-state index contributed by atoms with van der Waals surface area (Å²) in [4.78, 5) is 43.6. The van der Waals surface area contributed by atoms with Crippen LogP contribution in [0.4, 0.5) is 5.69 Å². The molecule has 0 aromatic heterocycles. The third-order valence-corrected chi connectivity index (χ3v) is 7.29. The number of anilines is 1. The summed E-state index contributed by atoms with van der Waals surface area (Å²) in [6.07, 6.45) is 3.93. The highest BCUT2D eigenvalue weighted by Crippen LogP contribution is 2.60. The molecule has 1 spiro atoms. The van der Waals surface area contributed by atoms with E-state index in [2.05, 4.69) is 0 Å². The summed E-state index contributed by atoms with van der Waals surface area (Å²) >= 11 is 0. The number of hydrogen-bond acceptors (Lipinski definition) is 4. The van der Waals surface area contributed by atoms with E-state index in [1.165, 1.54) is 0 Å². The lowest BCUT2D eigenvalue weighted by atomic mass is 9.64. The molecule has 156 valence electrons. The Morgan fingerprint density at radius 3 is 2.06 bits per heavy atom. The van der Waals surface area contributed by atoms with Crippen LogP contribution in [0, 0.1) is 5.41 Å². The first-order valence-corrected chi connectivity index (χ1v) is 10.9. The number of carbonyl (C=O) groups excluding carboxylic acids is 3. The maximum atomic E-state index is 14.2. The highest BCUT2D eigenvalue weighted by atomic mass is 16.2. The van der Waals surface area contributed by atoms with Crippen molar-refractivity contribution in [3.05, 3.63) is 107 Å². The van der Waals surface area contributed by atoms with E-state index in [1.807, 2.05) is 71.6 Å². The van der Waals surface area contributed by atoms with Gasteiger partial charge in [0.15, 0.2) is 17.3 Å². The average Bonchev–Trinajstić information content (AvgIpc) is 3.27. The van der Waals surface area contributed by atoms with Crippen molar-refractivity contribution in [1.29, 1.82) is 0 Å². The molecule has 0 radical (unpaired) electrons. The molecule has 2 heterocycles. The smallest absolute Gasteiger partial charge is 0.180 e. The number of Topliss-reactive ketones (excluding diaryl/α,β-unsaturated/α-hetero) is 3. The standard InChI is InChI=1S/C28H21NO3/c1-17(30)25-24(19-10-3-2-4-11-19)28(26(31)20-12-6-7-13-21(20)27(28)32)23-16-15-18-9-5-8-14-22(18)29(23)25/h2-16,23-25H,1H3/t23-,24+,25+/m0/s1. The van der Waals surface area contributed by atoms with E-state index in [0.29, 0.717) is 11.1 Å². The SMILES string of the molecule is CC(=O)[C@@H]1[C@@H](c2ccccc2)C2(C(=O)c3ccccc3C2=O)[C@@H]2C=Cc3ccccc3N12. The Hall–Kier alpha value is -3.79. The van der Waals surface area contributed by atoms with Crippen LogP contribution in [0.3, 0.4) is 0 Å². The Morgan fingerprint density at radius 1 is 0.812 bits per heavy atom. The number of ketones is 3. The normalized spacial score (nSPS) is 24.4. The third-order valence-electron chi connectivity index (χ3n) is 7.29. The first kappa shape index (κ1) is 18.9. The molecule has 1 fully saturated rings. The quantitative estimate of drug-likeness (QED) is 0.565. The van der Waals surface area contributed by atoms with Crippen LogP contribution in [0.5, 0.6) is 0 Å². The van der Waals surface area contributed by atoms with Gasteiger partial charge in [-0.1, -0.05) is 84.9 Å². The van der Waals surface area contributed by atoms with Crippen LogP contribution in [-0.2, 0) is 4.79 Å². The van der Waals surface area contributed by atoms with Crippen molar-refractivity contribution in [3.8, 4) is 0 Å². The van der Waals surface area contributed by atoms with Crippen LogP contribution in [0.25, 0.3) is 6.08 Å². The second kappa shape index (κ2) is 6.60. The molecule has 0 saturated carbocycles. The van der Waals surface area contributed by atoms with Gasteiger partial charge in [-0.2, -0.15) is 0 Å². The van der Waals surface area contributed by atoms with Crippen molar-refractivity contribution < 1.29 is 14.4 Å². The zero-order valence-electron chi connectivity index (χ0n) is 17.6. The van der Waals surface area contributed by atoms with Crippen molar-refractivity contribution in [2.45, 2.75) is 24.9 Å². The van der Waals surface area contributed by atoms with Gasteiger partial charge in [0, 0.05) is 22.7 Å². The lowest BCUT2D eigenvalue weighted by Gasteiger charge is -2.37. The molecule has 32 heavy (non-hydrogen) atoms. The zero-order valence-corrected chi connectivity index (χ0v) is 17.6. The Kier molecular flexibility index (Phi) is 3.91. The van der Waals surface area contributed by atoms with Gasteiger partial charge in [-0.15, -0.1) is 0 Å². The van der Waals surface area contributed by atoms with Crippen molar-refractivity contribution in [2.75, 3.05) is 4.90 Å². The van der Waals surface area contributed by atoms with Gasteiger partial charge >= 0.3 is 0 Å². The maximum Gasteiger partial charge on any atom is 0.180 e. The molecule has 3 aromatic carbocycles. The monoisotopic (exact) mass is 419 g/mol. The molecular formula is C28H21NO3. The van der Waals surface area contributed by atoms with E-state index >= 15 is 0 Å². The minimum atomic E-state index is -1.38. The lowest BCUT2D eigenvalue weighted by Crippen LogP contribution is -2.48. The summed E-state index contributed by atoms with van der Waals surface area (Å²) in [5.74, 6) is -1.01. The predicted octanol–water partition coefficient (Wildman–Crippen LogP) is 4.71. The maximum absolute atomic E-state index is 14.2. The number of hydrogen-bond donors (Lipinski definition) is 0. The number of benzene rings is 3. The highest BCUT2D eigenvalue weighted by molar-refractivity contribution is 6.32. The molecule has 0 unspecified atom stereocenters. The van der Waals surface area contributed by atoms with E-state index in [0.717, 1.165) is 16.8 Å². The number of fused-ring (bicyclic) bond motifs is 5. The number of carbonyl (C=O) groups is 3. The molecule has 1 aliphatic carbocycles. The van der Waals surface area contributed by atoms with Gasteiger partial charge in [0.1, 0.15) is 5.41 Å². The summed E-state index contributed by atoms with van der Waals surface area (Å²) < 4.78 is 0. The van der Waals surface area contributed by atoms with Gasteiger partial charge in [0.25, 0.3) is 0 Å². The molecule has 1 saturated heterocycles. The van der Waals surface area contributed by atoms with E-state index < -0.39 is 23.4 Å². The van der Waals surface area contributed by atoms with Gasteiger partial charge < -0.3 is 4.90 Å². The van der Waals surface area contributed by atoms with Crippen molar-refractivity contribution in [1.82, 2.24) is 0 Å². The van der Waals surface area contributed by atoms with Gasteiger partial charge in [-0.25, -0.2) is 0 Å². The molecule has 0 N–H and O–H groups in total. The second-order valence-electron chi connectivity index (χ2n) is 8.79. The highest BCUT2D eigenvalue weighted by Gasteiger charge is 2.71. The van der Waals surface area contributed by atoms with E-state index in [9.17, 15) is 14.4 Å². The van der Waals surface area contributed by atoms with Crippen LogP contribution >= 0.6 is 0 Å². The first-order valence-electron chi connectivity index (χ1n) is 10.9. The Balaban J connectivity index is 1.69. The number of nitrogens with zero attached hydrogens (tertiary/aromatic N) is 1. The van der Waals surface area contributed by atoms with E-state index in [4.69, 9.17) is 0 Å². The fourth-order valence-electron chi connectivity index (χ4n) is 6.10. The van der Waals surface area contributed by atoms with Crippen LogP contribution < -0.4 is 4.90 Å². The minimum Gasteiger partial charge on any atom is -0.352 e. The van der Waals surface area contributed by atoms with Gasteiger partial charge in [-0.3, -0.25) is 14.4 Å². The Morgan fingerprint density at radius 2 is 1.41 bits per heavy atom. The molecule has 3 aromatic rings. The summed E-state index contributed by atoms with van der Waals surface area (Å²) in [7, 11) is 0. The molecule has 3 atom stereocenters. The largest absolute Gasteiger partial charge is 0.352 e. The minimum absolute atomic E-state index is 0.0533. The van der Waals surface area contributed by atoms with Gasteiger partial charge in [-0.05, 0) is 24.1 Å². The fourth-order valence-corrected chi connectivity index (χ4v) is 6.10. The molecule has 4 nitrogen and oxygen atoms in total. The summed E-state index contributed by atoms with van der Waals surface area (Å²) in [6.45, 7) is 1.56. The van der Waals surface area contributed by atoms with E-state index in [-0.39, 0.29) is 17.3 Å². The topological polar surface area (TPSA) is 54.5 Å². The molecular weight excluding hydrogens is 398 g/mol. The van der Waals surface area contributed by atoms with Crippen molar-refractivity contribution >= 4 is 29.1 Å². The number of rotatable bonds is 2. The molecule has 0 bridgehead atoms. The second-order valence-corrected chi connectivity index (χ2v) is 8.79. The summed E-state index contributed by atoms with van der Waals surface area (Å²) in [5, 5.41) is 0. The fraction of sp³-hybridized carbons (Fsp3) is 0.179. The number of para-hydroxylation sites is 1. The zero-order chi connectivity index (χ0) is 22.0. The molecule has 2 aliphatic heterocycles. The molecule has 0 amide bonds. The van der Waals surface area contributed by atoms with E-state index in [1.54, 1.807) is 31.2 Å². The summed E-state index contributed by atoms with van der Waals surface area (Å²) in [5.41, 5.74) is 2.22. The van der Waals surface area contributed by atoms with Gasteiger partial charge in [0.05, 0.1) is 12.1 Å². The third kappa shape index (κ3) is 2.19.